The minimum atomic E-state index is -0.225. The predicted molar refractivity (Wildman–Crippen MR) is 74.7 cm³/mol. The van der Waals surface area contributed by atoms with Crippen LogP contribution in [0.25, 0.3) is 0 Å². The molecule has 0 fully saturated rings. The minimum absolute atomic E-state index is 0.221. The van der Waals surface area contributed by atoms with Gasteiger partial charge in [-0.2, -0.15) is 0 Å². The molecule has 2 aromatic carbocycles. The summed E-state index contributed by atoms with van der Waals surface area (Å²) < 4.78 is 13.1. The van der Waals surface area contributed by atoms with E-state index in [1.165, 1.54) is 17.7 Å². The maximum atomic E-state index is 13.1. The van der Waals surface area contributed by atoms with E-state index in [0.29, 0.717) is 0 Å². The molecule has 0 bridgehead atoms. The smallest absolute Gasteiger partial charge is 0.123 e. The molecule has 0 aromatic heterocycles. The van der Waals surface area contributed by atoms with Crippen molar-refractivity contribution in [3.05, 3.63) is 70.5 Å². The van der Waals surface area contributed by atoms with Crippen LogP contribution in [-0.2, 0) is 6.42 Å². The molecule has 0 nitrogen and oxygen atoms in total. The summed E-state index contributed by atoms with van der Waals surface area (Å²) in [5.74, 6) is -0.221. The molecule has 0 saturated carbocycles. The maximum absolute atomic E-state index is 13.1. The molecule has 1 unspecified atom stereocenters. The molecule has 2 rings (SSSR count). The fraction of sp³-hybridized carbons (Fsp3) is 0.250. The van der Waals surface area contributed by atoms with Gasteiger partial charge >= 0.3 is 0 Å². The molecular weight excluding hydrogens is 247 g/mol. The Hall–Kier alpha value is -1.34. The largest absolute Gasteiger partial charge is 0.207 e. The quantitative estimate of drug-likeness (QED) is 0.681. The first-order valence-corrected chi connectivity index (χ1v) is 6.54. The Kier molecular flexibility index (Phi) is 4.03. The lowest BCUT2D eigenvalue weighted by Gasteiger charge is -2.13. The number of hydrogen-bond donors (Lipinski definition) is 0. The summed E-state index contributed by atoms with van der Waals surface area (Å²) in [6.45, 7) is 4.01. The van der Waals surface area contributed by atoms with E-state index in [1.807, 2.05) is 19.1 Å². The molecule has 0 saturated heterocycles. The van der Waals surface area contributed by atoms with Gasteiger partial charge in [-0.05, 0) is 47.7 Å². The van der Waals surface area contributed by atoms with Crippen molar-refractivity contribution in [1.82, 2.24) is 0 Å². The van der Waals surface area contributed by atoms with Crippen LogP contribution < -0.4 is 0 Å². The van der Waals surface area contributed by atoms with Gasteiger partial charge in [0.25, 0.3) is 0 Å². The molecule has 0 amide bonds. The fourth-order valence-electron chi connectivity index (χ4n) is 2.03. The molecule has 1 atom stereocenters. The first-order chi connectivity index (χ1) is 8.61. The highest BCUT2D eigenvalue weighted by atomic mass is 35.5. The Morgan fingerprint density at radius 2 is 1.78 bits per heavy atom. The van der Waals surface area contributed by atoms with Crippen molar-refractivity contribution in [2.75, 3.05) is 0 Å². The van der Waals surface area contributed by atoms with Gasteiger partial charge in [-0.3, -0.25) is 0 Å². The zero-order valence-corrected chi connectivity index (χ0v) is 11.3. The second-order valence-electron chi connectivity index (χ2n) is 4.46. The standard InChI is InChI=1S/C16H16ClF/c1-3-12-4-6-13(7-5-12)16(17)15-9-8-14(18)10-11(15)2/h4-10,16H,3H2,1-2H3. The monoisotopic (exact) mass is 262 g/mol. The van der Waals surface area contributed by atoms with Gasteiger partial charge in [-0.25, -0.2) is 4.39 Å². The van der Waals surface area contributed by atoms with Crippen molar-refractivity contribution >= 4 is 11.6 Å². The third-order valence-corrected chi connectivity index (χ3v) is 3.67. The summed E-state index contributed by atoms with van der Waals surface area (Å²) in [4.78, 5) is 0. The summed E-state index contributed by atoms with van der Waals surface area (Å²) in [5.41, 5.74) is 4.18. The van der Waals surface area contributed by atoms with Crippen molar-refractivity contribution in [3.8, 4) is 0 Å². The number of rotatable bonds is 3. The van der Waals surface area contributed by atoms with Crippen LogP contribution in [0.2, 0.25) is 0 Å². The third kappa shape index (κ3) is 2.73. The van der Waals surface area contributed by atoms with Gasteiger partial charge < -0.3 is 0 Å². The molecule has 0 aliphatic rings. The van der Waals surface area contributed by atoms with Crippen LogP contribution in [0.15, 0.2) is 42.5 Å². The highest BCUT2D eigenvalue weighted by Gasteiger charge is 2.13. The Morgan fingerprint density at radius 3 is 2.33 bits per heavy atom. The Labute approximate surface area is 112 Å². The zero-order valence-electron chi connectivity index (χ0n) is 10.6. The van der Waals surface area contributed by atoms with Gasteiger partial charge in [0.1, 0.15) is 5.82 Å². The molecule has 94 valence electrons. The number of alkyl halides is 1. The van der Waals surface area contributed by atoms with Crippen LogP contribution in [0.4, 0.5) is 4.39 Å². The second-order valence-corrected chi connectivity index (χ2v) is 4.90. The Bertz CT molecular complexity index is 531. The van der Waals surface area contributed by atoms with Crippen molar-refractivity contribution < 1.29 is 4.39 Å². The van der Waals surface area contributed by atoms with Gasteiger partial charge in [0.2, 0.25) is 0 Å². The molecule has 0 aliphatic carbocycles. The predicted octanol–water partition coefficient (Wildman–Crippen LogP) is 5.02. The first kappa shape index (κ1) is 13.1. The molecule has 0 aliphatic heterocycles. The average Bonchev–Trinajstić information content (AvgIpc) is 2.38. The van der Waals surface area contributed by atoms with Crippen LogP contribution in [0.1, 0.15) is 34.6 Å². The number of halogens is 2. The number of hydrogen-bond acceptors (Lipinski definition) is 0. The minimum Gasteiger partial charge on any atom is -0.207 e. The molecule has 0 N–H and O–H groups in total. The van der Waals surface area contributed by atoms with E-state index in [-0.39, 0.29) is 11.2 Å². The lowest BCUT2D eigenvalue weighted by atomic mass is 9.99. The normalized spacial score (nSPS) is 12.4. The third-order valence-electron chi connectivity index (χ3n) is 3.19. The van der Waals surface area contributed by atoms with Crippen LogP contribution in [0.5, 0.6) is 0 Å². The lowest BCUT2D eigenvalue weighted by Crippen LogP contribution is -1.97. The van der Waals surface area contributed by atoms with Crippen molar-refractivity contribution in [2.45, 2.75) is 25.6 Å². The molecule has 2 aromatic rings. The van der Waals surface area contributed by atoms with E-state index < -0.39 is 0 Å². The van der Waals surface area contributed by atoms with Crippen LogP contribution >= 0.6 is 11.6 Å². The Morgan fingerprint density at radius 1 is 1.11 bits per heavy atom. The number of benzene rings is 2. The number of aryl methyl sites for hydroxylation is 2. The van der Waals surface area contributed by atoms with Gasteiger partial charge in [-0.15, -0.1) is 11.6 Å². The van der Waals surface area contributed by atoms with Gasteiger partial charge in [0.15, 0.2) is 0 Å². The average molecular weight is 263 g/mol. The summed E-state index contributed by atoms with van der Waals surface area (Å²) in [6, 6.07) is 13.0. The van der Waals surface area contributed by atoms with E-state index >= 15 is 0 Å². The molecule has 0 spiro atoms. The highest BCUT2D eigenvalue weighted by Crippen LogP contribution is 2.31. The van der Waals surface area contributed by atoms with Crippen molar-refractivity contribution in [2.24, 2.45) is 0 Å². The van der Waals surface area contributed by atoms with Crippen LogP contribution in [0.3, 0.4) is 0 Å². The van der Waals surface area contributed by atoms with E-state index in [4.69, 9.17) is 11.6 Å². The molecule has 0 heterocycles. The van der Waals surface area contributed by atoms with Crippen LogP contribution in [0, 0.1) is 12.7 Å². The summed E-state index contributed by atoms with van der Waals surface area (Å²) in [6.07, 6.45) is 1.02. The molecule has 2 heteroatoms. The second kappa shape index (κ2) is 5.53. The highest BCUT2D eigenvalue weighted by molar-refractivity contribution is 6.22. The van der Waals surface area contributed by atoms with Gasteiger partial charge in [-0.1, -0.05) is 37.3 Å². The maximum Gasteiger partial charge on any atom is 0.123 e. The Balaban J connectivity index is 2.31. The van der Waals surface area contributed by atoms with E-state index in [9.17, 15) is 4.39 Å². The lowest BCUT2D eigenvalue weighted by molar-refractivity contribution is 0.625. The van der Waals surface area contributed by atoms with Gasteiger partial charge in [0.05, 0.1) is 5.38 Å². The van der Waals surface area contributed by atoms with E-state index in [1.54, 1.807) is 6.07 Å². The van der Waals surface area contributed by atoms with Crippen molar-refractivity contribution in [1.29, 1.82) is 0 Å². The van der Waals surface area contributed by atoms with E-state index in [0.717, 1.165) is 23.1 Å². The summed E-state index contributed by atoms with van der Waals surface area (Å²) in [7, 11) is 0. The first-order valence-electron chi connectivity index (χ1n) is 6.10. The van der Waals surface area contributed by atoms with E-state index in [2.05, 4.69) is 19.1 Å². The summed E-state index contributed by atoms with van der Waals surface area (Å²) >= 11 is 6.46. The van der Waals surface area contributed by atoms with Crippen molar-refractivity contribution in [3.63, 3.8) is 0 Å². The topological polar surface area (TPSA) is 0 Å². The summed E-state index contributed by atoms with van der Waals surface area (Å²) in [5, 5.41) is -0.225. The molecule has 0 radical (unpaired) electrons. The molecule has 18 heavy (non-hydrogen) atoms. The zero-order chi connectivity index (χ0) is 13.1. The van der Waals surface area contributed by atoms with Crippen LogP contribution in [-0.4, -0.2) is 0 Å². The fourth-order valence-corrected chi connectivity index (χ4v) is 2.42. The van der Waals surface area contributed by atoms with Gasteiger partial charge in [0, 0.05) is 0 Å². The SMILES string of the molecule is CCc1ccc(C(Cl)c2ccc(F)cc2C)cc1. The molecular formula is C16H16ClF.